The van der Waals surface area contributed by atoms with Crippen molar-refractivity contribution in [3.8, 4) is 0 Å². The molecule has 0 saturated heterocycles. The van der Waals surface area contributed by atoms with Gasteiger partial charge in [-0.1, -0.05) is 0 Å². The Kier molecular flexibility index (Phi) is 5.46. The van der Waals surface area contributed by atoms with E-state index in [1.165, 1.54) is 9.75 Å². The fraction of sp³-hybridized carbons (Fsp3) is 0.556. The lowest BCUT2D eigenvalue weighted by molar-refractivity contribution is 0.831. The molecular weight excluding hydrogens is 200 g/mol. The van der Waals surface area contributed by atoms with Gasteiger partial charge in [0.25, 0.3) is 0 Å². The molecule has 1 aromatic rings. The average Bonchev–Trinajstić information content (AvgIpc) is 2.54. The predicted molar refractivity (Wildman–Crippen MR) is 62.3 cm³/mol. The van der Waals surface area contributed by atoms with E-state index in [9.17, 15) is 0 Å². The fourth-order valence-corrected chi connectivity index (χ4v) is 2.94. The van der Waals surface area contributed by atoms with Crippen molar-refractivity contribution < 1.29 is 0 Å². The SMILES string of the molecule is CNCc1ccc(CSCCN)s1. The lowest BCUT2D eigenvalue weighted by atomic mass is 10.4. The summed E-state index contributed by atoms with van der Waals surface area (Å²) < 4.78 is 0. The van der Waals surface area contributed by atoms with E-state index in [0.717, 1.165) is 24.6 Å². The Morgan fingerprint density at radius 3 is 2.92 bits per heavy atom. The van der Waals surface area contributed by atoms with E-state index < -0.39 is 0 Å². The molecule has 1 heterocycles. The maximum atomic E-state index is 5.42. The van der Waals surface area contributed by atoms with Gasteiger partial charge in [0, 0.05) is 34.3 Å². The van der Waals surface area contributed by atoms with Crippen molar-refractivity contribution in [3.63, 3.8) is 0 Å². The van der Waals surface area contributed by atoms with Crippen molar-refractivity contribution >= 4 is 23.1 Å². The van der Waals surface area contributed by atoms with Crippen LogP contribution in [0.2, 0.25) is 0 Å². The highest BCUT2D eigenvalue weighted by Crippen LogP contribution is 2.21. The van der Waals surface area contributed by atoms with E-state index in [1.807, 2.05) is 30.1 Å². The molecule has 0 spiro atoms. The van der Waals surface area contributed by atoms with Crippen LogP contribution in [0.3, 0.4) is 0 Å². The highest BCUT2D eigenvalue weighted by Gasteiger charge is 1.98. The van der Waals surface area contributed by atoms with Gasteiger partial charge in [0.2, 0.25) is 0 Å². The summed E-state index contributed by atoms with van der Waals surface area (Å²) in [5.74, 6) is 2.16. The highest BCUT2D eigenvalue weighted by molar-refractivity contribution is 7.98. The van der Waals surface area contributed by atoms with E-state index in [2.05, 4.69) is 17.4 Å². The second-order valence-corrected chi connectivity index (χ2v) is 5.10. The third-order valence-electron chi connectivity index (χ3n) is 1.57. The Balaban J connectivity index is 2.31. The first kappa shape index (κ1) is 11.0. The molecule has 0 bridgehead atoms. The van der Waals surface area contributed by atoms with Gasteiger partial charge in [-0.25, -0.2) is 0 Å². The van der Waals surface area contributed by atoms with Gasteiger partial charge in [0.05, 0.1) is 0 Å². The maximum absolute atomic E-state index is 5.42. The summed E-state index contributed by atoms with van der Waals surface area (Å²) in [5, 5.41) is 3.15. The fourth-order valence-electron chi connectivity index (χ4n) is 1.03. The number of nitrogens with one attached hydrogen (secondary N) is 1. The zero-order valence-corrected chi connectivity index (χ0v) is 9.51. The van der Waals surface area contributed by atoms with Gasteiger partial charge in [0.15, 0.2) is 0 Å². The van der Waals surface area contributed by atoms with Crippen molar-refractivity contribution in [1.29, 1.82) is 0 Å². The molecule has 0 aliphatic heterocycles. The van der Waals surface area contributed by atoms with Crippen molar-refractivity contribution in [2.24, 2.45) is 5.73 Å². The number of hydrogen-bond donors (Lipinski definition) is 2. The van der Waals surface area contributed by atoms with Gasteiger partial charge in [0.1, 0.15) is 0 Å². The average molecular weight is 216 g/mol. The summed E-state index contributed by atoms with van der Waals surface area (Å²) in [7, 11) is 1.97. The van der Waals surface area contributed by atoms with Gasteiger partial charge in [-0.2, -0.15) is 11.8 Å². The zero-order valence-electron chi connectivity index (χ0n) is 7.88. The van der Waals surface area contributed by atoms with Crippen LogP contribution in [0.15, 0.2) is 12.1 Å². The zero-order chi connectivity index (χ0) is 9.52. The summed E-state index contributed by atoms with van der Waals surface area (Å²) in [6.07, 6.45) is 0. The van der Waals surface area contributed by atoms with Crippen LogP contribution >= 0.6 is 23.1 Å². The topological polar surface area (TPSA) is 38.0 Å². The molecule has 0 aliphatic carbocycles. The van der Waals surface area contributed by atoms with Gasteiger partial charge in [-0.15, -0.1) is 11.3 Å². The van der Waals surface area contributed by atoms with E-state index in [0.29, 0.717) is 0 Å². The molecule has 74 valence electrons. The molecule has 3 N–H and O–H groups in total. The highest BCUT2D eigenvalue weighted by atomic mass is 32.2. The van der Waals surface area contributed by atoms with Crippen molar-refractivity contribution in [1.82, 2.24) is 5.32 Å². The minimum absolute atomic E-state index is 0.777. The first-order chi connectivity index (χ1) is 6.36. The molecule has 0 unspecified atom stereocenters. The van der Waals surface area contributed by atoms with Gasteiger partial charge >= 0.3 is 0 Å². The first-order valence-electron chi connectivity index (χ1n) is 4.37. The Morgan fingerprint density at radius 1 is 1.46 bits per heavy atom. The minimum atomic E-state index is 0.777. The van der Waals surface area contributed by atoms with Crippen LogP contribution in [0.25, 0.3) is 0 Å². The van der Waals surface area contributed by atoms with Gasteiger partial charge in [-0.3, -0.25) is 0 Å². The molecule has 13 heavy (non-hydrogen) atoms. The summed E-state index contributed by atoms with van der Waals surface area (Å²) in [6, 6.07) is 4.40. The molecule has 2 nitrogen and oxygen atoms in total. The Morgan fingerprint density at radius 2 is 2.23 bits per heavy atom. The molecule has 1 aromatic heterocycles. The van der Waals surface area contributed by atoms with Crippen molar-refractivity contribution in [2.75, 3.05) is 19.3 Å². The van der Waals surface area contributed by atoms with Gasteiger partial charge < -0.3 is 11.1 Å². The molecule has 0 aliphatic rings. The third kappa shape index (κ3) is 4.13. The molecular formula is C9H16N2S2. The molecule has 0 radical (unpaired) electrons. The number of rotatable bonds is 6. The molecule has 0 amide bonds. The maximum Gasteiger partial charge on any atom is 0.0296 e. The van der Waals surface area contributed by atoms with Crippen LogP contribution < -0.4 is 11.1 Å². The Labute approximate surface area is 87.9 Å². The molecule has 1 rings (SSSR count). The summed E-state index contributed by atoms with van der Waals surface area (Å²) in [6.45, 7) is 1.76. The summed E-state index contributed by atoms with van der Waals surface area (Å²) in [5.41, 5.74) is 5.42. The Bertz CT molecular complexity index is 235. The predicted octanol–water partition coefficient (Wildman–Crippen LogP) is 1.66. The number of thioether (sulfide) groups is 1. The van der Waals surface area contributed by atoms with Crippen LogP contribution in [-0.4, -0.2) is 19.3 Å². The lowest BCUT2D eigenvalue weighted by Gasteiger charge is -1.95. The van der Waals surface area contributed by atoms with E-state index in [-0.39, 0.29) is 0 Å². The van der Waals surface area contributed by atoms with Crippen molar-refractivity contribution in [2.45, 2.75) is 12.3 Å². The monoisotopic (exact) mass is 216 g/mol. The second kappa shape index (κ2) is 6.43. The van der Waals surface area contributed by atoms with Crippen LogP contribution in [0, 0.1) is 0 Å². The standard InChI is InChI=1S/C9H16N2S2/c1-11-6-8-2-3-9(13-8)7-12-5-4-10/h2-3,11H,4-7,10H2,1H3. The molecule has 4 heteroatoms. The van der Waals surface area contributed by atoms with E-state index >= 15 is 0 Å². The number of thiophene rings is 1. The second-order valence-electron chi connectivity index (χ2n) is 2.74. The van der Waals surface area contributed by atoms with Crippen LogP contribution in [-0.2, 0) is 12.3 Å². The molecule has 0 saturated carbocycles. The number of hydrogen-bond acceptors (Lipinski definition) is 4. The summed E-state index contributed by atoms with van der Waals surface area (Å²) in [4.78, 5) is 2.86. The van der Waals surface area contributed by atoms with Crippen molar-refractivity contribution in [3.05, 3.63) is 21.9 Å². The first-order valence-corrected chi connectivity index (χ1v) is 6.34. The number of nitrogens with two attached hydrogens (primary N) is 1. The Hall–Kier alpha value is -0.0300. The molecule has 0 aromatic carbocycles. The minimum Gasteiger partial charge on any atom is -0.330 e. The van der Waals surface area contributed by atoms with Crippen LogP contribution in [0.5, 0.6) is 0 Å². The third-order valence-corrected chi connectivity index (χ3v) is 3.88. The van der Waals surface area contributed by atoms with E-state index in [4.69, 9.17) is 5.73 Å². The normalized spacial score (nSPS) is 10.6. The molecule has 0 fully saturated rings. The van der Waals surface area contributed by atoms with E-state index in [1.54, 1.807) is 0 Å². The quantitative estimate of drug-likeness (QED) is 0.710. The summed E-state index contributed by atoms with van der Waals surface area (Å²) >= 11 is 3.79. The molecule has 0 atom stereocenters. The van der Waals surface area contributed by atoms with Crippen LogP contribution in [0.4, 0.5) is 0 Å². The smallest absolute Gasteiger partial charge is 0.0296 e. The van der Waals surface area contributed by atoms with Crippen LogP contribution in [0.1, 0.15) is 9.75 Å². The largest absolute Gasteiger partial charge is 0.330 e. The lowest BCUT2D eigenvalue weighted by Crippen LogP contribution is -2.02. The van der Waals surface area contributed by atoms with Gasteiger partial charge in [-0.05, 0) is 19.2 Å².